The monoisotopic (exact) mass is 408 g/mol. The number of ketones is 2. The molecule has 3 heteroatoms. The molecule has 1 heterocycles. The van der Waals surface area contributed by atoms with Crippen LogP contribution in [-0.4, -0.2) is 11.6 Å². The Bertz CT molecular complexity index is 1220. The first-order chi connectivity index (χ1) is 14.4. The van der Waals surface area contributed by atoms with Crippen molar-refractivity contribution >= 4 is 22.9 Å². The maximum atomic E-state index is 13.3. The molecule has 0 saturated heterocycles. The minimum atomic E-state index is -0.0623. The summed E-state index contributed by atoms with van der Waals surface area (Å²) in [6.45, 7) is 6.05. The Labute approximate surface area is 179 Å². The third kappa shape index (κ3) is 2.94. The summed E-state index contributed by atoms with van der Waals surface area (Å²) in [5.41, 5.74) is 7.89. The van der Waals surface area contributed by atoms with Gasteiger partial charge in [-0.15, -0.1) is 11.3 Å². The fourth-order valence-corrected chi connectivity index (χ4v) is 5.00. The summed E-state index contributed by atoms with van der Waals surface area (Å²) in [5.74, 6) is -0.116. The molecule has 146 valence electrons. The van der Waals surface area contributed by atoms with Crippen LogP contribution < -0.4 is 0 Å². The van der Waals surface area contributed by atoms with Gasteiger partial charge in [-0.25, -0.2) is 0 Å². The minimum absolute atomic E-state index is 0.0542. The number of hydrogen-bond donors (Lipinski definition) is 0. The summed E-state index contributed by atoms with van der Waals surface area (Å²) in [6, 6.07) is 22.2. The highest BCUT2D eigenvalue weighted by atomic mass is 32.1. The van der Waals surface area contributed by atoms with Crippen molar-refractivity contribution in [1.82, 2.24) is 0 Å². The molecule has 0 spiro atoms. The lowest BCUT2D eigenvalue weighted by molar-refractivity contribution is 0.0982. The Morgan fingerprint density at radius 1 is 0.533 bits per heavy atom. The second-order valence-corrected chi connectivity index (χ2v) is 9.19. The molecule has 0 radical (unpaired) electrons. The van der Waals surface area contributed by atoms with Gasteiger partial charge in [-0.1, -0.05) is 59.7 Å². The van der Waals surface area contributed by atoms with Crippen molar-refractivity contribution in [2.45, 2.75) is 20.8 Å². The van der Waals surface area contributed by atoms with Crippen molar-refractivity contribution < 1.29 is 9.59 Å². The zero-order valence-corrected chi connectivity index (χ0v) is 17.9. The van der Waals surface area contributed by atoms with Crippen molar-refractivity contribution in [3.63, 3.8) is 0 Å². The van der Waals surface area contributed by atoms with Crippen molar-refractivity contribution in [2.24, 2.45) is 0 Å². The molecule has 0 unspecified atom stereocenters. The van der Waals surface area contributed by atoms with Crippen molar-refractivity contribution in [3.05, 3.63) is 104 Å². The predicted octanol–water partition coefficient (Wildman–Crippen LogP) is 6.78. The van der Waals surface area contributed by atoms with E-state index in [2.05, 4.69) is 62.4 Å². The van der Waals surface area contributed by atoms with Crippen LogP contribution in [-0.2, 0) is 0 Å². The minimum Gasteiger partial charge on any atom is -0.289 e. The van der Waals surface area contributed by atoms with Gasteiger partial charge in [-0.3, -0.25) is 9.59 Å². The third-order valence-electron chi connectivity index (χ3n) is 5.68. The van der Waals surface area contributed by atoms with Crippen LogP contribution in [0, 0.1) is 20.8 Å². The predicted molar refractivity (Wildman–Crippen MR) is 123 cm³/mol. The smallest absolute Gasteiger partial charge is 0.204 e. The number of rotatable bonds is 2. The van der Waals surface area contributed by atoms with Gasteiger partial charge in [-0.2, -0.15) is 0 Å². The molecule has 0 N–H and O–H groups in total. The lowest BCUT2D eigenvalue weighted by atomic mass is 9.83. The number of aryl methyl sites for hydroxylation is 3. The van der Waals surface area contributed by atoms with Crippen LogP contribution in [0.25, 0.3) is 22.3 Å². The highest BCUT2D eigenvalue weighted by Gasteiger charge is 2.33. The normalized spacial score (nSPS) is 12.6. The molecular weight excluding hydrogens is 388 g/mol. The maximum absolute atomic E-state index is 13.3. The van der Waals surface area contributed by atoms with E-state index >= 15 is 0 Å². The van der Waals surface area contributed by atoms with Crippen molar-refractivity contribution in [2.75, 3.05) is 0 Å². The third-order valence-corrected chi connectivity index (χ3v) is 6.73. The number of hydrogen-bond acceptors (Lipinski definition) is 3. The van der Waals surface area contributed by atoms with Crippen LogP contribution in [0.15, 0.2) is 66.7 Å². The summed E-state index contributed by atoms with van der Waals surface area (Å²) in [7, 11) is 0. The fraction of sp³-hybridized carbons (Fsp3) is 0.111. The van der Waals surface area contributed by atoms with Crippen LogP contribution in [0.3, 0.4) is 0 Å². The van der Waals surface area contributed by atoms with E-state index in [4.69, 9.17) is 0 Å². The molecule has 0 bridgehead atoms. The first kappa shape index (κ1) is 18.7. The molecule has 0 atom stereocenters. The van der Waals surface area contributed by atoms with Gasteiger partial charge in [0.25, 0.3) is 0 Å². The second kappa shape index (κ2) is 6.89. The zero-order valence-electron chi connectivity index (χ0n) is 17.1. The summed E-state index contributed by atoms with van der Waals surface area (Å²) < 4.78 is 0. The second-order valence-electron chi connectivity index (χ2n) is 7.93. The molecule has 1 aliphatic rings. The molecule has 1 aromatic heterocycles. The van der Waals surface area contributed by atoms with E-state index in [1.807, 2.05) is 25.1 Å². The van der Waals surface area contributed by atoms with Gasteiger partial charge >= 0.3 is 0 Å². The van der Waals surface area contributed by atoms with Gasteiger partial charge in [0.15, 0.2) is 5.78 Å². The fourth-order valence-electron chi connectivity index (χ4n) is 4.04. The number of benzene rings is 3. The Morgan fingerprint density at radius 3 is 1.50 bits per heavy atom. The largest absolute Gasteiger partial charge is 0.289 e. The topological polar surface area (TPSA) is 34.1 Å². The lowest BCUT2D eigenvalue weighted by Gasteiger charge is -2.19. The number of thiophene rings is 1. The van der Waals surface area contributed by atoms with E-state index in [0.29, 0.717) is 21.6 Å². The average Bonchev–Trinajstić information content (AvgIpc) is 3.14. The summed E-state index contributed by atoms with van der Waals surface area (Å²) >= 11 is 1.40. The van der Waals surface area contributed by atoms with E-state index in [0.717, 1.165) is 27.1 Å². The Morgan fingerprint density at radius 2 is 1.00 bits per heavy atom. The molecule has 30 heavy (non-hydrogen) atoms. The van der Waals surface area contributed by atoms with E-state index in [1.165, 1.54) is 22.5 Å². The molecule has 0 fully saturated rings. The molecular formula is C27H20O2S. The number of carbonyl (C=O) groups excluding carboxylic acids is 2. The van der Waals surface area contributed by atoms with Crippen LogP contribution >= 0.6 is 11.3 Å². The first-order valence-electron chi connectivity index (χ1n) is 9.94. The zero-order chi connectivity index (χ0) is 21.0. The van der Waals surface area contributed by atoms with Gasteiger partial charge in [0.05, 0.1) is 4.88 Å². The summed E-state index contributed by atoms with van der Waals surface area (Å²) in [5, 5.41) is 0. The van der Waals surface area contributed by atoms with Crippen LogP contribution in [0.4, 0.5) is 0 Å². The van der Waals surface area contributed by atoms with Crippen molar-refractivity contribution in [3.8, 4) is 22.3 Å². The van der Waals surface area contributed by atoms with Gasteiger partial charge in [0, 0.05) is 21.6 Å². The molecule has 3 aromatic carbocycles. The van der Waals surface area contributed by atoms with Gasteiger partial charge < -0.3 is 0 Å². The average molecular weight is 409 g/mol. The van der Waals surface area contributed by atoms with Gasteiger partial charge in [0.2, 0.25) is 5.78 Å². The molecule has 4 aromatic rings. The molecule has 0 amide bonds. The quantitative estimate of drug-likeness (QED) is 0.322. The van der Waals surface area contributed by atoms with Crippen LogP contribution in [0.1, 0.15) is 47.2 Å². The van der Waals surface area contributed by atoms with Crippen LogP contribution in [0.2, 0.25) is 0 Å². The highest BCUT2D eigenvalue weighted by Crippen LogP contribution is 2.40. The molecule has 0 saturated carbocycles. The van der Waals surface area contributed by atoms with Gasteiger partial charge in [0.1, 0.15) is 0 Å². The SMILES string of the molecule is Cc1ccc(-c2cc3c(cc2-c2ccc(C)cc2)C(=O)c2sc(C)cc2C3=O)cc1. The lowest BCUT2D eigenvalue weighted by Crippen LogP contribution is -2.19. The van der Waals surface area contributed by atoms with E-state index in [9.17, 15) is 9.59 Å². The first-order valence-corrected chi connectivity index (χ1v) is 10.8. The summed E-state index contributed by atoms with van der Waals surface area (Å²) in [6.07, 6.45) is 0. The molecule has 2 nitrogen and oxygen atoms in total. The Kier molecular flexibility index (Phi) is 4.30. The highest BCUT2D eigenvalue weighted by molar-refractivity contribution is 7.14. The standard InChI is InChI=1S/C27H20O2S/c1-15-4-8-18(9-5-15)20-13-22-23(14-21(20)19-10-6-16(2)7-11-19)26(29)27-24(25(22)28)12-17(3)30-27/h4-14H,1-3H3. The number of fused-ring (bicyclic) bond motifs is 2. The maximum Gasteiger partial charge on any atom is 0.204 e. The Hall–Kier alpha value is -3.30. The van der Waals surface area contributed by atoms with E-state index in [1.54, 1.807) is 0 Å². The molecule has 1 aliphatic carbocycles. The summed E-state index contributed by atoms with van der Waals surface area (Å²) in [4.78, 5) is 28.0. The van der Waals surface area contributed by atoms with Crippen LogP contribution in [0.5, 0.6) is 0 Å². The Balaban J connectivity index is 1.79. The molecule has 5 rings (SSSR count). The van der Waals surface area contributed by atoms with E-state index in [-0.39, 0.29) is 11.6 Å². The van der Waals surface area contributed by atoms with Crippen molar-refractivity contribution in [1.29, 1.82) is 0 Å². The number of carbonyl (C=O) groups is 2. The van der Waals surface area contributed by atoms with Gasteiger partial charge in [-0.05, 0) is 61.2 Å². The van der Waals surface area contributed by atoms with E-state index < -0.39 is 0 Å². The molecule has 0 aliphatic heterocycles.